The van der Waals surface area contributed by atoms with Crippen LogP contribution in [-0.4, -0.2) is 47.6 Å². The Balaban J connectivity index is 1.48. The van der Waals surface area contributed by atoms with Gasteiger partial charge in [0.1, 0.15) is 0 Å². The van der Waals surface area contributed by atoms with Crippen LogP contribution in [0.2, 0.25) is 0 Å². The molecule has 0 bridgehead atoms. The minimum absolute atomic E-state index is 0.391. The molecule has 2 heterocycles. The van der Waals surface area contributed by atoms with Crippen LogP contribution in [0, 0.1) is 5.41 Å². The zero-order valence-corrected chi connectivity index (χ0v) is 10.4. The average Bonchev–Trinajstić information content (AvgIpc) is 1.82. The van der Waals surface area contributed by atoms with Crippen molar-refractivity contribution in [3.63, 3.8) is 0 Å². The van der Waals surface area contributed by atoms with Gasteiger partial charge in [-0.2, -0.15) is 0 Å². The third-order valence-corrected chi connectivity index (χ3v) is 4.67. The lowest BCUT2D eigenvalue weighted by atomic mass is 9.69. The van der Waals surface area contributed by atoms with Gasteiger partial charge in [-0.3, -0.25) is 9.80 Å². The molecule has 3 aliphatic rings. The molecule has 0 N–H and O–H groups in total. The van der Waals surface area contributed by atoms with Gasteiger partial charge in [0.25, 0.3) is 0 Å². The fourth-order valence-corrected chi connectivity index (χ4v) is 3.26. The summed E-state index contributed by atoms with van der Waals surface area (Å²) in [6.45, 7) is 12.5. The highest BCUT2D eigenvalue weighted by Gasteiger charge is 2.55. The molecule has 2 heteroatoms. The summed E-state index contributed by atoms with van der Waals surface area (Å²) < 4.78 is 0. The fraction of sp³-hybridized carbons (Fsp3) is 1.00. The van der Waals surface area contributed by atoms with Crippen molar-refractivity contribution in [1.29, 1.82) is 0 Å². The molecule has 86 valence electrons. The molecule has 2 aliphatic heterocycles. The summed E-state index contributed by atoms with van der Waals surface area (Å²) in [5.74, 6) is 0. The summed E-state index contributed by atoms with van der Waals surface area (Å²) in [7, 11) is 0. The van der Waals surface area contributed by atoms with Crippen molar-refractivity contribution in [3.8, 4) is 0 Å². The first kappa shape index (κ1) is 10.1. The van der Waals surface area contributed by atoms with Gasteiger partial charge in [0.2, 0.25) is 0 Å². The number of nitrogens with zero attached hydrogens (tertiary/aromatic N) is 2. The van der Waals surface area contributed by atoms with Crippen LogP contribution in [0.5, 0.6) is 0 Å². The summed E-state index contributed by atoms with van der Waals surface area (Å²) in [5, 5.41) is 0. The fourth-order valence-electron chi connectivity index (χ4n) is 3.26. The first-order valence-electron chi connectivity index (χ1n) is 6.48. The third-order valence-electron chi connectivity index (χ3n) is 4.67. The predicted molar refractivity (Wildman–Crippen MR) is 63.0 cm³/mol. The lowest BCUT2D eigenvalue weighted by Crippen LogP contribution is -2.76. The van der Waals surface area contributed by atoms with E-state index in [9.17, 15) is 0 Å². The zero-order valence-electron chi connectivity index (χ0n) is 10.4. The second kappa shape index (κ2) is 2.98. The van der Waals surface area contributed by atoms with Gasteiger partial charge in [-0.25, -0.2) is 0 Å². The van der Waals surface area contributed by atoms with Crippen LogP contribution in [0.4, 0.5) is 0 Å². The summed E-state index contributed by atoms with van der Waals surface area (Å²) in [5.41, 5.74) is 1.10. The molecule has 1 aliphatic carbocycles. The first-order chi connectivity index (χ1) is 6.99. The Kier molecular flexibility index (Phi) is 2.01. The molecule has 2 saturated heterocycles. The lowest BCUT2D eigenvalue weighted by molar-refractivity contribution is -0.163. The molecule has 2 nitrogen and oxygen atoms in total. The third kappa shape index (κ3) is 1.53. The van der Waals surface area contributed by atoms with Gasteiger partial charge in [-0.1, -0.05) is 6.42 Å². The number of hydrogen-bond donors (Lipinski definition) is 0. The molecule has 0 amide bonds. The highest BCUT2D eigenvalue weighted by atomic mass is 15.4. The van der Waals surface area contributed by atoms with Gasteiger partial charge in [0.15, 0.2) is 0 Å². The quantitative estimate of drug-likeness (QED) is 0.650. The van der Waals surface area contributed by atoms with Crippen LogP contribution in [0.25, 0.3) is 0 Å². The van der Waals surface area contributed by atoms with E-state index in [4.69, 9.17) is 0 Å². The van der Waals surface area contributed by atoms with Gasteiger partial charge in [-0.15, -0.1) is 0 Å². The van der Waals surface area contributed by atoms with Crippen molar-refractivity contribution < 1.29 is 0 Å². The van der Waals surface area contributed by atoms with E-state index >= 15 is 0 Å². The molecule has 3 fully saturated rings. The maximum Gasteiger partial charge on any atom is 0.0212 e. The maximum atomic E-state index is 2.73. The second-order valence-corrected chi connectivity index (χ2v) is 7.02. The van der Waals surface area contributed by atoms with E-state index in [2.05, 4.69) is 30.6 Å². The Labute approximate surface area is 93.6 Å². The van der Waals surface area contributed by atoms with E-state index in [1.807, 2.05) is 0 Å². The minimum Gasteiger partial charge on any atom is -0.299 e. The molecular formula is C13H24N2. The highest BCUT2D eigenvalue weighted by Crippen LogP contribution is 2.45. The van der Waals surface area contributed by atoms with Crippen molar-refractivity contribution in [2.45, 2.75) is 51.6 Å². The van der Waals surface area contributed by atoms with Crippen molar-refractivity contribution in [2.24, 2.45) is 5.41 Å². The Bertz CT molecular complexity index is 248. The topological polar surface area (TPSA) is 6.48 Å². The summed E-state index contributed by atoms with van der Waals surface area (Å²) in [4.78, 5) is 5.36. The summed E-state index contributed by atoms with van der Waals surface area (Å²) in [6, 6.07) is 0.972. The van der Waals surface area contributed by atoms with Crippen LogP contribution in [-0.2, 0) is 0 Å². The van der Waals surface area contributed by atoms with E-state index < -0.39 is 0 Å². The second-order valence-electron chi connectivity index (χ2n) is 7.02. The van der Waals surface area contributed by atoms with E-state index in [1.165, 1.54) is 45.4 Å². The molecule has 0 aromatic carbocycles. The van der Waals surface area contributed by atoms with Gasteiger partial charge in [-0.05, 0) is 33.6 Å². The van der Waals surface area contributed by atoms with Crippen LogP contribution >= 0.6 is 0 Å². The molecule has 0 unspecified atom stereocenters. The SMILES string of the molecule is CC(C)(C)N1CC2(CN(C3CCC3)C2)C1. The Morgan fingerprint density at radius 1 is 1.00 bits per heavy atom. The van der Waals surface area contributed by atoms with Crippen molar-refractivity contribution in [3.05, 3.63) is 0 Å². The van der Waals surface area contributed by atoms with Crippen LogP contribution < -0.4 is 0 Å². The Morgan fingerprint density at radius 3 is 2.00 bits per heavy atom. The van der Waals surface area contributed by atoms with Crippen LogP contribution in [0.15, 0.2) is 0 Å². The zero-order chi connectivity index (χ0) is 10.7. The predicted octanol–water partition coefficient (Wildman–Crippen LogP) is 1.95. The van der Waals surface area contributed by atoms with E-state index in [1.54, 1.807) is 0 Å². The van der Waals surface area contributed by atoms with Crippen molar-refractivity contribution in [1.82, 2.24) is 9.80 Å². The summed E-state index contributed by atoms with van der Waals surface area (Å²) in [6.07, 6.45) is 4.42. The first-order valence-corrected chi connectivity index (χ1v) is 6.48. The molecular weight excluding hydrogens is 184 g/mol. The van der Waals surface area contributed by atoms with Gasteiger partial charge >= 0.3 is 0 Å². The normalized spacial score (nSPS) is 32.2. The molecule has 1 spiro atoms. The molecule has 0 radical (unpaired) electrons. The van der Waals surface area contributed by atoms with Crippen LogP contribution in [0.3, 0.4) is 0 Å². The number of hydrogen-bond acceptors (Lipinski definition) is 2. The molecule has 0 aromatic heterocycles. The van der Waals surface area contributed by atoms with E-state index in [0.29, 0.717) is 11.0 Å². The van der Waals surface area contributed by atoms with Gasteiger partial charge in [0.05, 0.1) is 0 Å². The van der Waals surface area contributed by atoms with Gasteiger partial charge in [0, 0.05) is 43.2 Å². The monoisotopic (exact) mass is 208 g/mol. The van der Waals surface area contributed by atoms with Crippen molar-refractivity contribution >= 4 is 0 Å². The summed E-state index contributed by atoms with van der Waals surface area (Å²) >= 11 is 0. The standard InChI is InChI=1S/C13H24N2/c1-12(2,3)15-9-13(10-15)7-14(8-13)11-5-4-6-11/h11H,4-10H2,1-3H3. The highest BCUT2D eigenvalue weighted by molar-refractivity contribution is 5.09. The maximum absolute atomic E-state index is 2.73. The Hall–Kier alpha value is -0.0800. The van der Waals surface area contributed by atoms with E-state index in [-0.39, 0.29) is 0 Å². The smallest absolute Gasteiger partial charge is 0.0212 e. The number of rotatable bonds is 1. The lowest BCUT2D eigenvalue weighted by Gasteiger charge is -2.65. The minimum atomic E-state index is 0.391. The average molecular weight is 208 g/mol. The number of likely N-dealkylation sites (tertiary alicyclic amines) is 2. The van der Waals surface area contributed by atoms with Gasteiger partial charge < -0.3 is 0 Å². The largest absolute Gasteiger partial charge is 0.299 e. The van der Waals surface area contributed by atoms with E-state index in [0.717, 1.165) is 6.04 Å². The Morgan fingerprint density at radius 2 is 1.60 bits per heavy atom. The molecule has 1 saturated carbocycles. The molecule has 3 rings (SSSR count). The molecule has 0 atom stereocenters. The van der Waals surface area contributed by atoms with Crippen LogP contribution in [0.1, 0.15) is 40.0 Å². The molecule has 15 heavy (non-hydrogen) atoms. The van der Waals surface area contributed by atoms with Crippen molar-refractivity contribution in [2.75, 3.05) is 26.2 Å². The molecule has 0 aromatic rings.